The molecule has 0 aliphatic carbocycles. The van der Waals surface area contributed by atoms with Crippen LogP contribution in [0.15, 0.2) is 43.0 Å². The maximum atomic E-state index is 13.5. The number of carbonyl (C=O) groups excluding carboxylic acids is 2. The number of hydrogen-bond donors (Lipinski definition) is 0. The van der Waals surface area contributed by atoms with Crippen molar-refractivity contribution in [3.05, 3.63) is 76.0 Å². The van der Waals surface area contributed by atoms with Gasteiger partial charge in [-0.15, -0.1) is 0 Å². The minimum atomic E-state index is -0.641. The van der Waals surface area contributed by atoms with E-state index in [-0.39, 0.29) is 27.6 Å². The third-order valence-corrected chi connectivity index (χ3v) is 5.21. The van der Waals surface area contributed by atoms with Gasteiger partial charge in [-0.1, -0.05) is 17.7 Å². The smallest absolute Gasteiger partial charge is 0.348 e. The summed E-state index contributed by atoms with van der Waals surface area (Å²) in [5.41, 5.74) is 2.56. The molecular formula is C21H19ClN6O3. The number of ketones is 1. The normalized spacial score (nSPS) is 11.0. The lowest BCUT2D eigenvalue weighted by molar-refractivity contribution is 0.0718. The van der Waals surface area contributed by atoms with Crippen LogP contribution in [0.3, 0.4) is 0 Å². The highest BCUT2D eigenvalue weighted by molar-refractivity contribution is 6.37. The summed E-state index contributed by atoms with van der Waals surface area (Å²) in [6.45, 7) is 3.55. The van der Waals surface area contributed by atoms with Crippen molar-refractivity contribution < 1.29 is 14.3 Å². The molecular weight excluding hydrogens is 420 g/mol. The summed E-state index contributed by atoms with van der Waals surface area (Å²) in [5, 5.41) is 12.7. The third kappa shape index (κ3) is 3.64. The Hall–Kier alpha value is -3.72. The summed E-state index contributed by atoms with van der Waals surface area (Å²) in [4.78, 5) is 26.1. The van der Waals surface area contributed by atoms with Gasteiger partial charge in [0.25, 0.3) is 0 Å². The zero-order valence-corrected chi connectivity index (χ0v) is 18.1. The molecule has 4 aromatic rings. The molecule has 0 N–H and O–H groups in total. The van der Waals surface area contributed by atoms with Crippen molar-refractivity contribution in [1.82, 2.24) is 29.3 Å². The zero-order valence-electron chi connectivity index (χ0n) is 17.3. The van der Waals surface area contributed by atoms with Gasteiger partial charge in [-0.25, -0.2) is 14.2 Å². The minimum absolute atomic E-state index is 0.0358. The van der Waals surface area contributed by atoms with Crippen LogP contribution in [0.2, 0.25) is 5.02 Å². The largest absolute Gasteiger partial charge is 0.403 e. The minimum Gasteiger partial charge on any atom is -0.403 e. The van der Waals surface area contributed by atoms with Gasteiger partial charge in [0.15, 0.2) is 0 Å². The summed E-state index contributed by atoms with van der Waals surface area (Å²) in [6.07, 6.45) is 6.30. The van der Waals surface area contributed by atoms with Gasteiger partial charge < -0.3 is 4.74 Å². The lowest BCUT2D eigenvalue weighted by Crippen LogP contribution is -2.14. The number of benzene rings is 1. The maximum Gasteiger partial charge on any atom is 0.348 e. The molecule has 31 heavy (non-hydrogen) atoms. The SMILES string of the molecule is Cc1ccc(C(=O)c2c(C)nn(C)c2OC(=O)c2cnn(C)c2)c(Cl)c1-n1cccn1. The molecule has 3 heterocycles. The lowest BCUT2D eigenvalue weighted by atomic mass is 10.0. The number of rotatable bonds is 5. The summed E-state index contributed by atoms with van der Waals surface area (Å²) < 4.78 is 9.98. The second-order valence-electron chi connectivity index (χ2n) is 7.05. The molecule has 0 aliphatic heterocycles. The maximum absolute atomic E-state index is 13.5. The van der Waals surface area contributed by atoms with Crippen molar-refractivity contribution in [3.63, 3.8) is 0 Å². The first-order valence-corrected chi connectivity index (χ1v) is 9.74. The van der Waals surface area contributed by atoms with Crippen molar-refractivity contribution in [3.8, 4) is 11.6 Å². The Bertz CT molecular complexity index is 1300. The van der Waals surface area contributed by atoms with Gasteiger partial charge in [-0.05, 0) is 31.5 Å². The van der Waals surface area contributed by atoms with E-state index in [1.807, 2.05) is 6.92 Å². The predicted octanol–water partition coefficient (Wildman–Crippen LogP) is 3.06. The molecule has 3 aromatic heterocycles. The van der Waals surface area contributed by atoms with Gasteiger partial charge in [-0.3, -0.25) is 9.48 Å². The second-order valence-corrected chi connectivity index (χ2v) is 7.43. The molecule has 0 saturated heterocycles. The molecule has 0 saturated carbocycles. The first-order valence-electron chi connectivity index (χ1n) is 9.36. The van der Waals surface area contributed by atoms with Crippen molar-refractivity contribution in [2.24, 2.45) is 14.1 Å². The molecule has 0 bridgehead atoms. The standard InChI is InChI=1S/C21H19ClN6O3/c1-12-6-7-15(17(22)18(12)28-9-5-8-23-28)19(29)16-13(2)25-27(4)20(16)31-21(30)14-10-24-26(3)11-14/h5-11H,1-4H3. The Morgan fingerprint density at radius 3 is 2.55 bits per heavy atom. The Balaban J connectivity index is 1.77. The highest BCUT2D eigenvalue weighted by Gasteiger charge is 2.28. The highest BCUT2D eigenvalue weighted by atomic mass is 35.5. The Morgan fingerprint density at radius 2 is 1.90 bits per heavy atom. The highest BCUT2D eigenvalue weighted by Crippen LogP contribution is 2.32. The number of carbonyl (C=O) groups is 2. The van der Waals surface area contributed by atoms with E-state index in [2.05, 4.69) is 15.3 Å². The van der Waals surface area contributed by atoms with Crippen molar-refractivity contribution >= 4 is 23.4 Å². The molecule has 0 aliphatic rings. The summed E-state index contributed by atoms with van der Waals surface area (Å²) in [5.74, 6) is -1.01. The van der Waals surface area contributed by atoms with Gasteiger partial charge in [0.1, 0.15) is 5.56 Å². The molecule has 0 unspecified atom stereocenters. The van der Waals surface area contributed by atoms with E-state index in [0.717, 1.165) is 5.56 Å². The second kappa shape index (κ2) is 7.84. The number of aromatic nitrogens is 6. The fourth-order valence-corrected chi connectivity index (χ4v) is 3.73. The summed E-state index contributed by atoms with van der Waals surface area (Å²) >= 11 is 6.64. The van der Waals surface area contributed by atoms with E-state index in [1.165, 1.54) is 21.8 Å². The van der Waals surface area contributed by atoms with Crippen LogP contribution in [0.4, 0.5) is 0 Å². The van der Waals surface area contributed by atoms with Crippen molar-refractivity contribution in [1.29, 1.82) is 0 Å². The molecule has 10 heteroatoms. The molecule has 0 atom stereocenters. The Kier molecular flexibility index (Phi) is 5.20. The van der Waals surface area contributed by atoms with E-state index in [0.29, 0.717) is 11.4 Å². The number of aryl methyl sites for hydroxylation is 4. The number of nitrogens with zero attached hydrogens (tertiary/aromatic N) is 6. The van der Waals surface area contributed by atoms with Crippen molar-refractivity contribution in [2.75, 3.05) is 0 Å². The molecule has 1 aromatic carbocycles. The zero-order chi connectivity index (χ0) is 22.3. The van der Waals surface area contributed by atoms with Crippen LogP contribution in [0.5, 0.6) is 5.88 Å². The first kappa shape index (κ1) is 20.5. The van der Waals surface area contributed by atoms with Crippen LogP contribution >= 0.6 is 11.6 Å². The van der Waals surface area contributed by atoms with E-state index in [4.69, 9.17) is 16.3 Å². The van der Waals surface area contributed by atoms with Gasteiger partial charge in [-0.2, -0.15) is 15.3 Å². The van der Waals surface area contributed by atoms with E-state index in [1.54, 1.807) is 56.3 Å². The number of hydrogen-bond acceptors (Lipinski definition) is 6. The monoisotopic (exact) mass is 438 g/mol. The molecule has 0 spiro atoms. The molecule has 0 fully saturated rings. The van der Waals surface area contributed by atoms with Crippen molar-refractivity contribution in [2.45, 2.75) is 13.8 Å². The van der Waals surface area contributed by atoms with Gasteiger partial charge in [0, 0.05) is 38.2 Å². The van der Waals surface area contributed by atoms with Gasteiger partial charge in [0.05, 0.1) is 28.2 Å². The quantitative estimate of drug-likeness (QED) is 0.351. The van der Waals surface area contributed by atoms with Crippen LogP contribution in [-0.2, 0) is 14.1 Å². The van der Waals surface area contributed by atoms with Crippen LogP contribution in [0.1, 0.15) is 37.5 Å². The third-order valence-electron chi connectivity index (χ3n) is 4.82. The van der Waals surface area contributed by atoms with Crippen LogP contribution in [0.25, 0.3) is 5.69 Å². The average molecular weight is 439 g/mol. The summed E-state index contributed by atoms with van der Waals surface area (Å²) in [7, 11) is 3.29. The molecule has 9 nitrogen and oxygen atoms in total. The fourth-order valence-electron chi connectivity index (χ4n) is 3.34. The number of esters is 1. The predicted molar refractivity (Wildman–Crippen MR) is 113 cm³/mol. The van der Waals surface area contributed by atoms with E-state index in [9.17, 15) is 9.59 Å². The van der Waals surface area contributed by atoms with Crippen LogP contribution in [-0.4, -0.2) is 41.1 Å². The molecule has 4 rings (SSSR count). The first-order chi connectivity index (χ1) is 14.8. The Morgan fingerprint density at radius 1 is 1.13 bits per heavy atom. The molecule has 0 amide bonds. The molecule has 0 radical (unpaired) electrons. The van der Waals surface area contributed by atoms with Crippen LogP contribution < -0.4 is 4.74 Å². The van der Waals surface area contributed by atoms with Gasteiger partial charge in [0.2, 0.25) is 11.7 Å². The van der Waals surface area contributed by atoms with Gasteiger partial charge >= 0.3 is 5.97 Å². The fraction of sp³-hybridized carbons (Fsp3) is 0.190. The Labute approximate surface area is 182 Å². The van der Waals surface area contributed by atoms with Crippen LogP contribution in [0, 0.1) is 13.8 Å². The molecule has 158 valence electrons. The van der Waals surface area contributed by atoms with E-state index >= 15 is 0 Å². The average Bonchev–Trinajstić information content (AvgIpc) is 3.44. The summed E-state index contributed by atoms with van der Waals surface area (Å²) in [6, 6.07) is 5.21. The van der Waals surface area contributed by atoms with E-state index < -0.39 is 11.8 Å². The number of ether oxygens (including phenoxy) is 1. The lowest BCUT2D eigenvalue weighted by Gasteiger charge is -2.13. The topological polar surface area (TPSA) is 96.8 Å². The number of halogens is 1.